The summed E-state index contributed by atoms with van der Waals surface area (Å²) in [7, 11) is 0. The number of nitrogens with one attached hydrogen (secondary N) is 1. The number of nitrogens with zero attached hydrogens (tertiary/aromatic N) is 1. The molecule has 0 aromatic carbocycles. The Labute approximate surface area is 97.2 Å². The Morgan fingerprint density at radius 2 is 2.50 bits per heavy atom. The molecule has 1 aromatic heterocycles. The van der Waals surface area contributed by atoms with Crippen molar-refractivity contribution >= 4 is 28.6 Å². The van der Waals surface area contributed by atoms with Crippen LogP contribution in [0.2, 0.25) is 0 Å². The van der Waals surface area contributed by atoms with Gasteiger partial charge < -0.3 is 14.6 Å². The predicted molar refractivity (Wildman–Crippen MR) is 46.1 cm³/mol. The fraction of sp³-hybridized carbons (Fsp3) is 0.333. The van der Waals surface area contributed by atoms with Crippen molar-refractivity contribution in [3.05, 3.63) is 15.5 Å². The summed E-state index contributed by atoms with van der Waals surface area (Å²) in [5.74, 6) is -0.384. The molecule has 0 amide bonds. The largest absolute Gasteiger partial charge is 0.519 e. The molecule has 6 heteroatoms. The predicted octanol–water partition coefficient (Wildman–Crippen LogP) is 0.989. The van der Waals surface area contributed by atoms with E-state index in [1.165, 1.54) is 0 Å². The summed E-state index contributed by atoms with van der Waals surface area (Å²) in [4.78, 5) is 11.0. The van der Waals surface area contributed by atoms with Crippen molar-refractivity contribution in [1.29, 1.82) is 0 Å². The van der Waals surface area contributed by atoms with Crippen LogP contribution in [0.5, 0.6) is 0 Å². The van der Waals surface area contributed by atoms with Crippen LogP contribution in [0.3, 0.4) is 0 Å². The van der Waals surface area contributed by atoms with Crippen molar-refractivity contribution < 1.29 is 30.0 Å². The Morgan fingerprint density at radius 3 is 2.92 bits per heavy atom. The molecule has 1 heterocycles. The summed E-state index contributed by atoms with van der Waals surface area (Å²) in [5, 5.41) is 6.18. The molecule has 12 heavy (non-hydrogen) atoms. The second-order valence-electron chi connectivity index (χ2n) is 1.73. The molecule has 0 unspecified atom stereocenters. The monoisotopic (exact) mass is 452 g/mol. The van der Waals surface area contributed by atoms with Gasteiger partial charge in [0, 0.05) is 24.1 Å². The molecule has 0 atom stereocenters. The molecular formula is C6H6IN2O2Re-. The SMILES string of the molecule is CCOC(=O)c1[c-][nH]nc1I.[Re]. The van der Waals surface area contributed by atoms with E-state index < -0.39 is 0 Å². The summed E-state index contributed by atoms with van der Waals surface area (Å²) in [6.07, 6.45) is 2.57. The van der Waals surface area contributed by atoms with Crippen molar-refractivity contribution in [1.82, 2.24) is 10.2 Å². The van der Waals surface area contributed by atoms with Gasteiger partial charge in [0.05, 0.1) is 6.61 Å². The molecule has 1 aromatic rings. The van der Waals surface area contributed by atoms with Gasteiger partial charge in [0.15, 0.2) is 0 Å². The maximum Gasteiger partial charge on any atom is 0.223 e. The normalized spacial score (nSPS) is 8.83. The number of H-pyrrole nitrogens is 1. The average Bonchev–Trinajstić information content (AvgIpc) is 2.36. The fourth-order valence-corrected chi connectivity index (χ4v) is 1.05. The van der Waals surface area contributed by atoms with Crippen molar-refractivity contribution in [3.8, 4) is 0 Å². The minimum absolute atomic E-state index is 0. The number of carbonyl (C=O) groups is 1. The van der Waals surface area contributed by atoms with Crippen LogP contribution < -0.4 is 0 Å². The summed E-state index contributed by atoms with van der Waals surface area (Å²) in [6, 6.07) is 0. The molecule has 0 spiro atoms. The number of ether oxygens (including phenoxy) is 1. The van der Waals surface area contributed by atoms with E-state index in [1.54, 1.807) is 6.92 Å². The number of halogens is 1. The summed E-state index contributed by atoms with van der Waals surface area (Å²) in [5.41, 5.74) is 0.368. The number of rotatable bonds is 2. The second-order valence-corrected chi connectivity index (χ2v) is 2.76. The van der Waals surface area contributed by atoms with Crippen molar-refractivity contribution in [2.45, 2.75) is 6.92 Å². The molecule has 1 rings (SSSR count). The van der Waals surface area contributed by atoms with E-state index >= 15 is 0 Å². The molecule has 1 N–H and O–H groups in total. The van der Waals surface area contributed by atoms with Crippen LogP contribution >= 0.6 is 22.6 Å². The number of hydrogen-bond acceptors (Lipinski definition) is 3. The topological polar surface area (TPSA) is 55.0 Å². The maximum atomic E-state index is 11.0. The molecule has 0 aliphatic rings. The number of carbonyl (C=O) groups excluding carboxylic acids is 1. The van der Waals surface area contributed by atoms with E-state index in [0.29, 0.717) is 15.9 Å². The Hall–Kier alpha value is 0.0723. The Balaban J connectivity index is 0.00000121. The van der Waals surface area contributed by atoms with Gasteiger partial charge >= 0.3 is 0 Å². The van der Waals surface area contributed by atoms with Crippen LogP contribution in [-0.4, -0.2) is 22.8 Å². The van der Waals surface area contributed by atoms with Crippen LogP contribution in [0.15, 0.2) is 0 Å². The van der Waals surface area contributed by atoms with Gasteiger partial charge in [-0.15, -0.1) is 22.6 Å². The fourth-order valence-electron chi connectivity index (χ4n) is 0.579. The first-order chi connectivity index (χ1) is 5.25. The van der Waals surface area contributed by atoms with E-state index in [-0.39, 0.29) is 26.4 Å². The molecule has 0 aliphatic carbocycles. The van der Waals surface area contributed by atoms with Crippen LogP contribution in [0.4, 0.5) is 0 Å². The standard InChI is InChI=1S/C6H6IN2O2.Re/c1-2-11-6(10)4-3-8-9-5(4)7;/h2H2,1H3,(H,8,9);/q-1;. The summed E-state index contributed by atoms with van der Waals surface area (Å²) < 4.78 is 5.32. The minimum atomic E-state index is -0.384. The molecule has 0 saturated carbocycles. The molecule has 67 valence electrons. The molecular weight excluding hydrogens is 445 g/mol. The quantitative estimate of drug-likeness (QED) is 0.415. The van der Waals surface area contributed by atoms with E-state index in [2.05, 4.69) is 16.4 Å². The first kappa shape index (κ1) is 12.1. The third-order valence-electron chi connectivity index (χ3n) is 1.02. The molecule has 0 bridgehead atoms. The third kappa shape index (κ3) is 2.84. The Bertz CT molecular complexity index is 264. The number of esters is 1. The van der Waals surface area contributed by atoms with Crippen LogP contribution in [0.1, 0.15) is 17.3 Å². The van der Waals surface area contributed by atoms with E-state index in [4.69, 9.17) is 4.74 Å². The Morgan fingerprint density at radius 1 is 1.83 bits per heavy atom. The van der Waals surface area contributed by atoms with Crippen molar-refractivity contribution in [2.24, 2.45) is 0 Å². The summed E-state index contributed by atoms with van der Waals surface area (Å²) >= 11 is 1.94. The van der Waals surface area contributed by atoms with Gasteiger partial charge in [-0.2, -0.15) is 0 Å². The van der Waals surface area contributed by atoms with Gasteiger partial charge in [-0.1, -0.05) is 11.8 Å². The summed E-state index contributed by atoms with van der Waals surface area (Å²) in [6.45, 7) is 2.12. The first-order valence-electron chi connectivity index (χ1n) is 3.04. The zero-order chi connectivity index (χ0) is 8.27. The first-order valence-corrected chi connectivity index (χ1v) is 4.12. The molecule has 0 aliphatic heterocycles. The van der Waals surface area contributed by atoms with Gasteiger partial charge in [-0.05, 0) is 6.92 Å². The van der Waals surface area contributed by atoms with Gasteiger partial charge in [-0.25, -0.2) is 5.10 Å². The van der Waals surface area contributed by atoms with E-state index in [9.17, 15) is 4.79 Å². The van der Waals surface area contributed by atoms with Crippen molar-refractivity contribution in [2.75, 3.05) is 6.61 Å². The maximum absolute atomic E-state index is 11.0. The Kier molecular flexibility index (Phi) is 5.71. The van der Waals surface area contributed by atoms with Crippen molar-refractivity contribution in [3.63, 3.8) is 0 Å². The van der Waals surface area contributed by atoms with Gasteiger partial charge in [0.2, 0.25) is 5.97 Å². The number of aromatic amines is 1. The molecule has 4 nitrogen and oxygen atoms in total. The van der Waals surface area contributed by atoms with E-state index in [1.807, 2.05) is 22.6 Å². The smallest absolute Gasteiger partial charge is 0.223 e. The van der Waals surface area contributed by atoms with Crippen LogP contribution in [0.25, 0.3) is 0 Å². The van der Waals surface area contributed by atoms with Gasteiger partial charge in [0.1, 0.15) is 0 Å². The van der Waals surface area contributed by atoms with Gasteiger partial charge in [0.25, 0.3) is 0 Å². The van der Waals surface area contributed by atoms with Crippen LogP contribution in [0, 0.1) is 9.90 Å². The third-order valence-corrected chi connectivity index (χ3v) is 1.80. The number of hydrogen-bond donors (Lipinski definition) is 1. The number of aromatic nitrogens is 2. The van der Waals surface area contributed by atoms with E-state index in [0.717, 1.165) is 0 Å². The molecule has 0 fully saturated rings. The average molecular weight is 451 g/mol. The second kappa shape index (κ2) is 5.67. The molecule has 0 saturated heterocycles. The van der Waals surface area contributed by atoms with Gasteiger partial charge in [-0.3, -0.25) is 0 Å². The van der Waals surface area contributed by atoms with Crippen LogP contribution in [-0.2, 0) is 25.2 Å². The zero-order valence-corrected chi connectivity index (χ0v) is 11.1. The zero-order valence-electron chi connectivity index (χ0n) is 6.23. The molecule has 1 radical (unpaired) electrons. The minimum Gasteiger partial charge on any atom is -0.519 e.